The Morgan fingerprint density at radius 1 is 1.23 bits per heavy atom. The van der Waals surface area contributed by atoms with Gasteiger partial charge in [0, 0.05) is 33.9 Å². The number of nitrogens with one attached hydrogen (secondary N) is 1. The molecule has 1 saturated carbocycles. The summed E-state index contributed by atoms with van der Waals surface area (Å²) in [6, 6.07) is 12.1. The summed E-state index contributed by atoms with van der Waals surface area (Å²) in [5, 5.41) is 25.0. The van der Waals surface area contributed by atoms with E-state index in [9.17, 15) is 9.59 Å². The molecule has 43 heavy (non-hydrogen) atoms. The van der Waals surface area contributed by atoms with Crippen molar-refractivity contribution in [2.24, 2.45) is 5.92 Å². The van der Waals surface area contributed by atoms with Crippen molar-refractivity contribution >= 4 is 51.7 Å². The first-order chi connectivity index (χ1) is 20.6. The van der Waals surface area contributed by atoms with Crippen LogP contribution in [0.2, 0.25) is 10.0 Å². The van der Waals surface area contributed by atoms with E-state index in [-0.39, 0.29) is 23.0 Å². The Morgan fingerprint density at radius 3 is 2.77 bits per heavy atom. The van der Waals surface area contributed by atoms with Crippen LogP contribution in [-0.2, 0) is 21.5 Å². The molecule has 0 radical (unpaired) electrons. The molecule has 8 rings (SSSR count). The SMILES string of the molecule is COC(=O)c1ccc2c3n(nc2c1C)[C@@H]1[C@@H](C3)[N+]([O-])(CC2CC2)C2(C(=O)Nc3cc(Cl)ccc32)[C@H]1c1cccc(Cl)c1F. The van der Waals surface area contributed by atoms with E-state index in [1.165, 1.54) is 13.2 Å². The fourth-order valence-electron chi connectivity index (χ4n) is 8.23. The smallest absolute Gasteiger partial charge is 0.338 e. The molecule has 2 fully saturated rings. The first kappa shape index (κ1) is 27.1. The molecule has 4 aromatic rings. The predicted molar refractivity (Wildman–Crippen MR) is 159 cm³/mol. The number of carbonyl (C=O) groups is 2. The summed E-state index contributed by atoms with van der Waals surface area (Å²) >= 11 is 12.7. The molecule has 1 amide bonds. The molecule has 1 N–H and O–H groups in total. The van der Waals surface area contributed by atoms with E-state index in [4.69, 9.17) is 33.0 Å². The summed E-state index contributed by atoms with van der Waals surface area (Å²) in [6.07, 6.45) is 2.15. The number of aromatic nitrogens is 2. The molecule has 3 aromatic carbocycles. The van der Waals surface area contributed by atoms with Crippen LogP contribution in [0.25, 0.3) is 10.9 Å². The van der Waals surface area contributed by atoms with E-state index in [1.807, 2.05) is 17.7 Å². The maximum atomic E-state index is 16.2. The summed E-state index contributed by atoms with van der Waals surface area (Å²) < 4.78 is 22.2. The number of benzene rings is 3. The van der Waals surface area contributed by atoms with Gasteiger partial charge in [0.15, 0.2) is 0 Å². The number of hydrogen-bond acceptors (Lipinski definition) is 5. The molecule has 8 nitrogen and oxygen atoms in total. The van der Waals surface area contributed by atoms with E-state index in [0.717, 1.165) is 23.9 Å². The van der Waals surface area contributed by atoms with Crippen LogP contribution in [0, 0.1) is 23.9 Å². The minimum atomic E-state index is -1.70. The van der Waals surface area contributed by atoms with Gasteiger partial charge in [-0.15, -0.1) is 0 Å². The second-order valence-corrected chi connectivity index (χ2v) is 13.1. The lowest BCUT2D eigenvalue weighted by atomic mass is 9.73. The van der Waals surface area contributed by atoms with Crippen molar-refractivity contribution in [2.75, 3.05) is 19.0 Å². The van der Waals surface area contributed by atoms with Crippen molar-refractivity contribution in [1.29, 1.82) is 0 Å². The van der Waals surface area contributed by atoms with Crippen molar-refractivity contribution in [2.45, 2.75) is 49.7 Å². The first-order valence-corrected chi connectivity index (χ1v) is 15.1. The Hall–Kier alpha value is -3.50. The molecular weight excluding hydrogens is 594 g/mol. The summed E-state index contributed by atoms with van der Waals surface area (Å²) in [5.74, 6) is -2.37. The van der Waals surface area contributed by atoms with Crippen LogP contribution in [0.15, 0.2) is 48.5 Å². The number of hydroxylamine groups is 3. The van der Waals surface area contributed by atoms with Crippen LogP contribution in [0.5, 0.6) is 0 Å². The molecule has 11 heteroatoms. The summed E-state index contributed by atoms with van der Waals surface area (Å²) in [5.41, 5.74) is 1.96. The van der Waals surface area contributed by atoms with Gasteiger partial charge in [0.05, 0.1) is 47.1 Å². The maximum absolute atomic E-state index is 16.2. The Bertz CT molecular complexity index is 1910. The molecule has 1 saturated heterocycles. The van der Waals surface area contributed by atoms with Gasteiger partial charge in [-0.05, 0) is 55.7 Å². The van der Waals surface area contributed by atoms with Crippen molar-refractivity contribution in [3.63, 3.8) is 0 Å². The summed E-state index contributed by atoms with van der Waals surface area (Å²) in [7, 11) is 1.33. The van der Waals surface area contributed by atoms with Gasteiger partial charge in [-0.2, -0.15) is 5.10 Å². The Morgan fingerprint density at radius 2 is 2.02 bits per heavy atom. The molecule has 5 atom stereocenters. The molecule has 220 valence electrons. The summed E-state index contributed by atoms with van der Waals surface area (Å²) in [6.45, 7) is 2.04. The number of aryl methyl sites for hydroxylation is 1. The van der Waals surface area contributed by atoms with Crippen LogP contribution in [0.4, 0.5) is 10.1 Å². The number of amides is 1. The topological polar surface area (TPSA) is 96.3 Å². The monoisotopic (exact) mass is 620 g/mol. The molecule has 1 aliphatic carbocycles. The van der Waals surface area contributed by atoms with Gasteiger partial charge in [-0.3, -0.25) is 9.48 Å². The highest BCUT2D eigenvalue weighted by Crippen LogP contribution is 2.67. The number of likely N-dealkylation sites (tertiary alicyclic amines) is 1. The van der Waals surface area contributed by atoms with Gasteiger partial charge >= 0.3 is 5.97 Å². The molecular formula is C32H27Cl2FN4O4. The fraction of sp³-hybridized carbons (Fsp3) is 0.344. The number of rotatable bonds is 4. The largest absolute Gasteiger partial charge is 0.632 e. The van der Waals surface area contributed by atoms with Gasteiger partial charge in [-0.25, -0.2) is 9.18 Å². The van der Waals surface area contributed by atoms with Crippen LogP contribution < -0.4 is 5.32 Å². The summed E-state index contributed by atoms with van der Waals surface area (Å²) in [4.78, 5) is 27.0. The van der Waals surface area contributed by atoms with E-state index in [2.05, 4.69) is 5.32 Å². The predicted octanol–water partition coefficient (Wildman–Crippen LogP) is 6.41. The van der Waals surface area contributed by atoms with Gasteiger partial charge in [0.25, 0.3) is 5.91 Å². The van der Waals surface area contributed by atoms with Crippen molar-refractivity contribution in [3.8, 4) is 0 Å². The number of carbonyl (C=O) groups excluding carboxylic acids is 2. The third-order valence-corrected chi connectivity index (χ3v) is 10.7. The zero-order chi connectivity index (χ0) is 30.0. The second-order valence-electron chi connectivity index (χ2n) is 12.2. The molecule has 4 heterocycles. The van der Waals surface area contributed by atoms with Gasteiger partial charge in [-0.1, -0.05) is 41.4 Å². The van der Waals surface area contributed by atoms with Crippen molar-refractivity contribution in [1.82, 2.24) is 9.78 Å². The Balaban J connectivity index is 1.44. The lowest BCUT2D eigenvalue weighted by Crippen LogP contribution is -2.64. The Labute approximate surface area is 256 Å². The number of esters is 1. The molecule has 0 bridgehead atoms. The van der Waals surface area contributed by atoms with Gasteiger partial charge < -0.3 is 19.9 Å². The molecule has 3 aliphatic heterocycles. The normalized spacial score (nSPS) is 28.7. The van der Waals surface area contributed by atoms with Crippen molar-refractivity contribution in [3.05, 3.63) is 97.5 Å². The zero-order valence-corrected chi connectivity index (χ0v) is 24.9. The Kier molecular flexibility index (Phi) is 5.68. The minimum Gasteiger partial charge on any atom is -0.632 e. The number of hydrogen-bond donors (Lipinski definition) is 1. The van der Waals surface area contributed by atoms with Crippen LogP contribution in [-0.4, -0.2) is 46.0 Å². The molecule has 1 spiro atoms. The average molecular weight is 621 g/mol. The lowest BCUT2D eigenvalue weighted by Gasteiger charge is -2.54. The fourth-order valence-corrected chi connectivity index (χ4v) is 8.58. The van der Waals surface area contributed by atoms with Crippen LogP contribution in [0.3, 0.4) is 0 Å². The number of fused-ring (bicyclic) bond motifs is 7. The second kappa shape index (κ2) is 9.01. The van der Waals surface area contributed by atoms with Crippen LogP contribution in [0.1, 0.15) is 57.5 Å². The molecule has 4 aliphatic rings. The minimum absolute atomic E-state index is 0.0839. The highest BCUT2D eigenvalue weighted by molar-refractivity contribution is 6.31. The zero-order valence-electron chi connectivity index (χ0n) is 23.4. The van der Waals surface area contributed by atoms with E-state index in [0.29, 0.717) is 39.3 Å². The quantitative estimate of drug-likeness (QED) is 0.161. The third kappa shape index (κ3) is 3.36. The lowest BCUT2D eigenvalue weighted by molar-refractivity contribution is -0.940. The standard InChI is InChI=1S/C32H27Cl2FN4O4/c1-15-18(30(40)43-2)9-10-19-24-13-25-29(38(24)37-28(15)19)26(20-4-3-5-22(34)27(20)35)32(39(25,42)14-16-6-7-16)21-11-8-17(33)12-23(21)36-31(32)41/h3-5,8-12,16,25-26,29H,6-7,13-14H2,1-2H3,(H,36,41)/t25-,26+,29-,32?,39?/m1/s1. The average Bonchev–Trinajstić information content (AvgIpc) is 3.40. The number of nitrogens with zero attached hydrogens (tertiary/aromatic N) is 3. The number of halogens is 3. The number of anilines is 1. The first-order valence-electron chi connectivity index (χ1n) is 14.3. The third-order valence-electron chi connectivity index (χ3n) is 10.2. The van der Waals surface area contributed by atoms with Crippen LogP contribution >= 0.6 is 23.2 Å². The molecule has 2 unspecified atom stereocenters. The van der Waals surface area contributed by atoms with E-state index < -0.39 is 45.9 Å². The van der Waals surface area contributed by atoms with Crippen molar-refractivity contribution < 1.29 is 23.4 Å². The highest BCUT2D eigenvalue weighted by atomic mass is 35.5. The van der Waals surface area contributed by atoms with E-state index in [1.54, 1.807) is 36.4 Å². The number of quaternary nitrogens is 1. The number of methoxy groups -OCH3 is 1. The van der Waals surface area contributed by atoms with Gasteiger partial charge in [0.1, 0.15) is 17.9 Å². The number of ether oxygens (including phenoxy) is 1. The van der Waals surface area contributed by atoms with Gasteiger partial charge in [0.2, 0.25) is 5.54 Å². The molecule has 1 aromatic heterocycles. The van der Waals surface area contributed by atoms with E-state index >= 15 is 9.60 Å². The highest BCUT2D eigenvalue weighted by Gasteiger charge is 2.76. The maximum Gasteiger partial charge on any atom is 0.338 e.